The maximum Gasteiger partial charge on any atom is 0.262 e. The molecule has 0 aliphatic heterocycles. The van der Waals surface area contributed by atoms with Gasteiger partial charge in [0.15, 0.2) is 5.16 Å². The Kier molecular flexibility index (Phi) is 6.29. The monoisotopic (exact) mass is 485 g/mol. The first kappa shape index (κ1) is 21.1. The fourth-order valence-electron chi connectivity index (χ4n) is 3.30. The molecule has 1 unspecified atom stereocenters. The molecule has 1 atom stereocenters. The molecular weight excluding hydrogens is 462 g/mol. The zero-order valence-electron chi connectivity index (χ0n) is 17.0. The quantitative estimate of drug-likeness (QED) is 0.380. The van der Waals surface area contributed by atoms with E-state index in [1.165, 1.54) is 11.8 Å². The van der Waals surface area contributed by atoms with Crippen molar-refractivity contribution in [3.05, 3.63) is 68.9 Å². The molecular formula is C23H24BrN3O2S. The third kappa shape index (κ3) is 4.78. The SMILES string of the molecule is CC(C)Cn1c(SC(C(=O)NC2CC2)c2ccccc2)nc2ccc(Br)cc2c1=O. The Morgan fingerprint density at radius 3 is 2.63 bits per heavy atom. The van der Waals surface area contributed by atoms with Crippen LogP contribution in [0.1, 0.15) is 37.5 Å². The first-order chi connectivity index (χ1) is 14.4. The van der Waals surface area contributed by atoms with E-state index >= 15 is 0 Å². The predicted molar refractivity (Wildman–Crippen MR) is 125 cm³/mol. The lowest BCUT2D eigenvalue weighted by atomic mass is 10.1. The molecule has 0 bridgehead atoms. The van der Waals surface area contributed by atoms with Crippen LogP contribution in [0.4, 0.5) is 0 Å². The molecule has 1 amide bonds. The minimum absolute atomic E-state index is 0.0325. The normalized spacial score (nSPS) is 14.8. The topological polar surface area (TPSA) is 64.0 Å². The smallest absolute Gasteiger partial charge is 0.262 e. The van der Waals surface area contributed by atoms with Gasteiger partial charge in [0, 0.05) is 17.1 Å². The number of nitrogens with one attached hydrogen (secondary N) is 1. The van der Waals surface area contributed by atoms with Crippen molar-refractivity contribution in [2.24, 2.45) is 5.92 Å². The lowest BCUT2D eigenvalue weighted by Gasteiger charge is -2.20. The van der Waals surface area contributed by atoms with Gasteiger partial charge in [-0.1, -0.05) is 71.9 Å². The highest BCUT2D eigenvalue weighted by Gasteiger charge is 2.30. The Balaban J connectivity index is 1.79. The summed E-state index contributed by atoms with van der Waals surface area (Å²) >= 11 is 4.79. The van der Waals surface area contributed by atoms with Crippen molar-refractivity contribution in [1.82, 2.24) is 14.9 Å². The molecule has 1 fully saturated rings. The maximum absolute atomic E-state index is 13.3. The molecule has 4 rings (SSSR count). The van der Waals surface area contributed by atoms with Gasteiger partial charge in [-0.25, -0.2) is 4.98 Å². The first-order valence-corrected chi connectivity index (χ1v) is 11.8. The van der Waals surface area contributed by atoms with E-state index in [2.05, 4.69) is 35.1 Å². The Hall–Kier alpha value is -2.12. The molecule has 1 aliphatic carbocycles. The number of benzene rings is 2. The van der Waals surface area contributed by atoms with Gasteiger partial charge < -0.3 is 5.32 Å². The average Bonchev–Trinajstić information content (AvgIpc) is 3.53. The minimum Gasteiger partial charge on any atom is -0.352 e. The van der Waals surface area contributed by atoms with Crippen LogP contribution in [-0.4, -0.2) is 21.5 Å². The van der Waals surface area contributed by atoms with Crippen LogP contribution in [0.25, 0.3) is 10.9 Å². The number of carbonyl (C=O) groups is 1. The van der Waals surface area contributed by atoms with Crippen LogP contribution in [0, 0.1) is 5.92 Å². The first-order valence-electron chi connectivity index (χ1n) is 10.1. The van der Waals surface area contributed by atoms with Gasteiger partial charge in [0.25, 0.3) is 5.56 Å². The Labute approximate surface area is 188 Å². The van der Waals surface area contributed by atoms with E-state index in [9.17, 15) is 9.59 Å². The van der Waals surface area contributed by atoms with Crippen LogP contribution in [0.15, 0.2) is 63.0 Å². The number of rotatable bonds is 7. The van der Waals surface area contributed by atoms with E-state index in [4.69, 9.17) is 4.98 Å². The summed E-state index contributed by atoms with van der Waals surface area (Å²) in [6.07, 6.45) is 2.05. The van der Waals surface area contributed by atoms with Crippen molar-refractivity contribution in [2.45, 2.75) is 49.7 Å². The summed E-state index contributed by atoms with van der Waals surface area (Å²) in [7, 11) is 0. The second kappa shape index (κ2) is 8.94. The number of aromatic nitrogens is 2. The number of amides is 1. The van der Waals surface area contributed by atoms with Crippen molar-refractivity contribution >= 4 is 44.5 Å². The highest BCUT2D eigenvalue weighted by molar-refractivity contribution is 9.10. The number of fused-ring (bicyclic) bond motifs is 1. The Bertz CT molecular complexity index is 1130. The van der Waals surface area contributed by atoms with Crippen molar-refractivity contribution in [3.8, 4) is 0 Å². The standard InChI is InChI=1S/C23H24BrN3O2S/c1-14(2)13-27-22(29)18-12-16(24)8-11-19(18)26-23(27)30-20(15-6-4-3-5-7-15)21(28)25-17-9-10-17/h3-8,11-12,14,17,20H,9-10,13H2,1-2H3,(H,25,28). The molecule has 1 aliphatic rings. The fraction of sp³-hybridized carbons (Fsp3) is 0.348. The van der Waals surface area contributed by atoms with Crippen molar-refractivity contribution in [2.75, 3.05) is 0 Å². The summed E-state index contributed by atoms with van der Waals surface area (Å²) in [6.45, 7) is 4.68. The summed E-state index contributed by atoms with van der Waals surface area (Å²) < 4.78 is 2.56. The van der Waals surface area contributed by atoms with Crippen LogP contribution in [0.3, 0.4) is 0 Å². The second-order valence-electron chi connectivity index (χ2n) is 8.06. The molecule has 1 heterocycles. The molecule has 30 heavy (non-hydrogen) atoms. The van der Waals surface area contributed by atoms with Crippen LogP contribution in [0.5, 0.6) is 0 Å². The molecule has 1 aromatic heterocycles. The zero-order chi connectivity index (χ0) is 21.3. The maximum atomic E-state index is 13.3. The average molecular weight is 486 g/mol. The molecule has 2 aromatic carbocycles. The third-order valence-electron chi connectivity index (χ3n) is 4.92. The number of halogens is 1. The van der Waals surface area contributed by atoms with Gasteiger partial charge in [0.1, 0.15) is 5.25 Å². The fourth-order valence-corrected chi connectivity index (χ4v) is 4.78. The number of hydrogen-bond acceptors (Lipinski definition) is 4. The van der Waals surface area contributed by atoms with E-state index in [1.54, 1.807) is 4.57 Å². The van der Waals surface area contributed by atoms with E-state index in [-0.39, 0.29) is 23.4 Å². The lowest BCUT2D eigenvalue weighted by molar-refractivity contribution is -0.120. The van der Waals surface area contributed by atoms with Gasteiger partial charge in [-0.15, -0.1) is 0 Å². The zero-order valence-corrected chi connectivity index (χ0v) is 19.4. The summed E-state index contributed by atoms with van der Waals surface area (Å²) in [6, 6.07) is 15.5. The molecule has 156 valence electrons. The molecule has 5 nitrogen and oxygen atoms in total. The Morgan fingerprint density at radius 2 is 1.97 bits per heavy atom. The van der Waals surface area contributed by atoms with E-state index < -0.39 is 5.25 Å². The van der Waals surface area contributed by atoms with Crippen LogP contribution >= 0.6 is 27.7 Å². The second-order valence-corrected chi connectivity index (χ2v) is 10.0. The number of thioether (sulfide) groups is 1. The molecule has 1 saturated carbocycles. The van der Waals surface area contributed by atoms with Gasteiger partial charge in [-0.3, -0.25) is 14.2 Å². The van der Waals surface area contributed by atoms with Gasteiger partial charge in [-0.2, -0.15) is 0 Å². The summed E-state index contributed by atoms with van der Waals surface area (Å²) in [5.41, 5.74) is 1.47. The van der Waals surface area contributed by atoms with Gasteiger partial charge in [0.2, 0.25) is 5.91 Å². The summed E-state index contributed by atoms with van der Waals surface area (Å²) in [5.74, 6) is 0.235. The molecule has 7 heteroatoms. The molecule has 0 radical (unpaired) electrons. The van der Waals surface area contributed by atoms with Crippen LogP contribution in [0.2, 0.25) is 0 Å². The Morgan fingerprint density at radius 1 is 1.23 bits per heavy atom. The highest BCUT2D eigenvalue weighted by atomic mass is 79.9. The van der Waals surface area contributed by atoms with E-state index in [0.29, 0.717) is 22.6 Å². The number of nitrogens with zero attached hydrogens (tertiary/aromatic N) is 2. The van der Waals surface area contributed by atoms with Crippen LogP contribution in [-0.2, 0) is 11.3 Å². The molecule has 3 aromatic rings. The minimum atomic E-state index is -0.468. The lowest BCUT2D eigenvalue weighted by Crippen LogP contribution is -2.31. The van der Waals surface area contributed by atoms with Crippen molar-refractivity contribution in [1.29, 1.82) is 0 Å². The molecule has 1 N–H and O–H groups in total. The van der Waals surface area contributed by atoms with Crippen molar-refractivity contribution < 1.29 is 4.79 Å². The number of carbonyl (C=O) groups excluding carboxylic acids is 1. The summed E-state index contributed by atoms with van der Waals surface area (Å²) in [5, 5.41) is 3.79. The van der Waals surface area contributed by atoms with Crippen LogP contribution < -0.4 is 10.9 Å². The van der Waals surface area contributed by atoms with Crippen molar-refractivity contribution in [3.63, 3.8) is 0 Å². The summed E-state index contributed by atoms with van der Waals surface area (Å²) in [4.78, 5) is 31.2. The molecule has 0 spiro atoms. The largest absolute Gasteiger partial charge is 0.352 e. The van der Waals surface area contributed by atoms with E-state index in [1.807, 2.05) is 48.5 Å². The van der Waals surface area contributed by atoms with E-state index in [0.717, 1.165) is 22.9 Å². The van der Waals surface area contributed by atoms with Gasteiger partial charge >= 0.3 is 0 Å². The molecule has 0 saturated heterocycles. The number of hydrogen-bond donors (Lipinski definition) is 1. The predicted octanol–water partition coefficient (Wildman–Crippen LogP) is 4.93. The van der Waals surface area contributed by atoms with Gasteiger partial charge in [0.05, 0.1) is 10.9 Å². The third-order valence-corrected chi connectivity index (χ3v) is 6.65. The van der Waals surface area contributed by atoms with Gasteiger partial charge in [-0.05, 0) is 42.5 Å². The highest BCUT2D eigenvalue weighted by Crippen LogP contribution is 2.36.